The van der Waals surface area contributed by atoms with Gasteiger partial charge in [-0.1, -0.05) is 0 Å². The summed E-state index contributed by atoms with van der Waals surface area (Å²) < 4.78 is 5.29. The predicted octanol–water partition coefficient (Wildman–Crippen LogP) is 0.537. The Hall–Kier alpha value is -1.66. The molecule has 0 spiro atoms. The summed E-state index contributed by atoms with van der Waals surface area (Å²) in [7, 11) is 1.80. The fraction of sp³-hybridized carbons (Fsp3) is 0.500. The molecule has 1 atom stereocenters. The third-order valence-corrected chi connectivity index (χ3v) is 3.12. The summed E-state index contributed by atoms with van der Waals surface area (Å²) >= 11 is 0. The molecule has 98 valence electrons. The molecule has 1 saturated heterocycles. The number of nitrogen functional groups attached to an aromatic ring is 1. The van der Waals surface area contributed by atoms with Gasteiger partial charge < -0.3 is 15.1 Å². The molecule has 0 saturated carbocycles. The molecule has 1 amide bonds. The summed E-state index contributed by atoms with van der Waals surface area (Å²) in [6.07, 6.45) is 0.883. The van der Waals surface area contributed by atoms with Crippen molar-refractivity contribution in [3.8, 4) is 0 Å². The van der Waals surface area contributed by atoms with E-state index in [-0.39, 0.29) is 11.9 Å². The maximum absolute atomic E-state index is 12.3. The van der Waals surface area contributed by atoms with Crippen LogP contribution in [0.4, 0.5) is 5.82 Å². The molecule has 6 nitrogen and oxygen atoms in total. The van der Waals surface area contributed by atoms with E-state index in [0.29, 0.717) is 24.6 Å². The summed E-state index contributed by atoms with van der Waals surface area (Å²) in [5.41, 5.74) is 3.81. The van der Waals surface area contributed by atoms with Crippen LogP contribution < -0.4 is 11.3 Å². The topological polar surface area (TPSA) is 80.5 Å². The smallest absolute Gasteiger partial charge is 0.254 e. The maximum atomic E-state index is 12.3. The van der Waals surface area contributed by atoms with Crippen LogP contribution in [0.25, 0.3) is 0 Å². The SMILES string of the molecule is Cc1cc(C(=O)N(C)C2CCOC2)cc(NN)n1. The Morgan fingerprint density at radius 1 is 1.61 bits per heavy atom. The number of ether oxygens (including phenoxy) is 1. The molecule has 1 fully saturated rings. The van der Waals surface area contributed by atoms with Crippen LogP contribution in [0, 0.1) is 6.92 Å². The Balaban J connectivity index is 2.19. The predicted molar refractivity (Wildman–Crippen MR) is 68.1 cm³/mol. The van der Waals surface area contributed by atoms with Crippen molar-refractivity contribution in [2.45, 2.75) is 19.4 Å². The lowest BCUT2D eigenvalue weighted by Crippen LogP contribution is -2.37. The van der Waals surface area contributed by atoms with Gasteiger partial charge >= 0.3 is 0 Å². The molecule has 0 radical (unpaired) electrons. The van der Waals surface area contributed by atoms with Crippen molar-refractivity contribution in [1.82, 2.24) is 9.88 Å². The van der Waals surface area contributed by atoms with Crippen molar-refractivity contribution in [3.05, 3.63) is 23.4 Å². The second-order valence-electron chi connectivity index (χ2n) is 4.46. The van der Waals surface area contributed by atoms with Crippen molar-refractivity contribution < 1.29 is 9.53 Å². The Morgan fingerprint density at radius 2 is 2.39 bits per heavy atom. The van der Waals surface area contributed by atoms with Gasteiger partial charge in [0.1, 0.15) is 5.82 Å². The molecule has 0 bridgehead atoms. The standard InChI is InChI=1S/C12H18N4O2/c1-8-5-9(6-11(14-8)15-13)12(17)16(2)10-3-4-18-7-10/h5-6,10H,3-4,7,13H2,1-2H3,(H,14,15). The first-order valence-corrected chi connectivity index (χ1v) is 5.92. The van der Waals surface area contributed by atoms with Crippen molar-refractivity contribution in [2.75, 3.05) is 25.7 Å². The van der Waals surface area contributed by atoms with E-state index >= 15 is 0 Å². The van der Waals surface area contributed by atoms with E-state index in [1.807, 2.05) is 6.92 Å². The molecular formula is C12H18N4O2. The van der Waals surface area contributed by atoms with Crippen LogP contribution in [-0.4, -0.2) is 42.1 Å². The highest BCUT2D eigenvalue weighted by molar-refractivity contribution is 5.95. The summed E-state index contributed by atoms with van der Waals surface area (Å²) in [5.74, 6) is 5.79. The number of hydrogen-bond acceptors (Lipinski definition) is 5. The minimum atomic E-state index is -0.0347. The van der Waals surface area contributed by atoms with Crippen molar-refractivity contribution >= 4 is 11.7 Å². The first-order valence-electron chi connectivity index (χ1n) is 5.92. The van der Waals surface area contributed by atoms with Crippen molar-refractivity contribution in [2.24, 2.45) is 5.84 Å². The van der Waals surface area contributed by atoms with Gasteiger partial charge in [-0.15, -0.1) is 0 Å². The number of nitrogens with one attached hydrogen (secondary N) is 1. The largest absolute Gasteiger partial charge is 0.379 e. The van der Waals surface area contributed by atoms with Crippen molar-refractivity contribution in [3.63, 3.8) is 0 Å². The molecule has 2 heterocycles. The second kappa shape index (κ2) is 5.32. The molecule has 1 aromatic rings. The fourth-order valence-corrected chi connectivity index (χ4v) is 2.06. The zero-order chi connectivity index (χ0) is 13.1. The number of hydrogen-bond donors (Lipinski definition) is 2. The van der Waals surface area contributed by atoms with Gasteiger partial charge in [-0.05, 0) is 25.5 Å². The number of nitrogens with two attached hydrogens (primary N) is 1. The lowest BCUT2D eigenvalue weighted by atomic mass is 10.1. The third-order valence-electron chi connectivity index (χ3n) is 3.12. The van der Waals surface area contributed by atoms with Crippen LogP contribution >= 0.6 is 0 Å². The maximum Gasteiger partial charge on any atom is 0.254 e. The van der Waals surface area contributed by atoms with E-state index in [9.17, 15) is 4.79 Å². The molecule has 0 aromatic carbocycles. The Morgan fingerprint density at radius 3 is 3.00 bits per heavy atom. The number of aromatic nitrogens is 1. The first kappa shape index (κ1) is 12.8. The fourth-order valence-electron chi connectivity index (χ4n) is 2.06. The van der Waals surface area contributed by atoms with E-state index < -0.39 is 0 Å². The van der Waals surface area contributed by atoms with Gasteiger partial charge in [-0.3, -0.25) is 4.79 Å². The minimum absolute atomic E-state index is 0.0347. The van der Waals surface area contributed by atoms with Gasteiger partial charge in [0.2, 0.25) is 0 Å². The molecule has 1 unspecified atom stereocenters. The molecule has 18 heavy (non-hydrogen) atoms. The van der Waals surface area contributed by atoms with E-state index in [0.717, 1.165) is 12.1 Å². The zero-order valence-electron chi connectivity index (χ0n) is 10.6. The zero-order valence-corrected chi connectivity index (χ0v) is 10.6. The number of hydrazine groups is 1. The van der Waals surface area contributed by atoms with Crippen LogP contribution in [0.3, 0.4) is 0 Å². The highest BCUT2D eigenvalue weighted by atomic mass is 16.5. The van der Waals surface area contributed by atoms with Gasteiger partial charge in [-0.2, -0.15) is 0 Å². The lowest BCUT2D eigenvalue weighted by molar-refractivity contribution is 0.0711. The Bertz CT molecular complexity index is 444. The molecule has 6 heteroatoms. The van der Waals surface area contributed by atoms with Crippen LogP contribution in [0.2, 0.25) is 0 Å². The van der Waals surface area contributed by atoms with Gasteiger partial charge in [0.15, 0.2) is 0 Å². The molecular weight excluding hydrogens is 232 g/mol. The second-order valence-corrected chi connectivity index (χ2v) is 4.46. The van der Waals surface area contributed by atoms with Gasteiger partial charge in [0, 0.05) is 24.9 Å². The van der Waals surface area contributed by atoms with Crippen LogP contribution in [0.1, 0.15) is 22.5 Å². The number of carbonyl (C=O) groups is 1. The average Bonchev–Trinajstić information content (AvgIpc) is 2.90. The number of nitrogens with zero attached hydrogens (tertiary/aromatic N) is 2. The van der Waals surface area contributed by atoms with Crippen molar-refractivity contribution in [1.29, 1.82) is 0 Å². The number of pyridine rings is 1. The van der Waals surface area contributed by atoms with E-state index in [2.05, 4.69) is 10.4 Å². The quantitative estimate of drug-likeness (QED) is 0.604. The minimum Gasteiger partial charge on any atom is -0.379 e. The Kier molecular flexibility index (Phi) is 3.78. The van der Waals surface area contributed by atoms with E-state index in [4.69, 9.17) is 10.6 Å². The van der Waals surface area contributed by atoms with Crippen LogP contribution in [0.5, 0.6) is 0 Å². The first-order chi connectivity index (χ1) is 8.61. The number of rotatable bonds is 3. The number of likely N-dealkylation sites (N-methyl/N-ethyl adjacent to an activating group) is 1. The van der Waals surface area contributed by atoms with E-state index in [1.165, 1.54) is 0 Å². The molecule has 1 aliphatic rings. The summed E-state index contributed by atoms with van der Waals surface area (Å²) in [6, 6.07) is 3.57. The van der Waals surface area contributed by atoms with E-state index in [1.54, 1.807) is 24.1 Å². The van der Waals surface area contributed by atoms with Gasteiger partial charge in [0.05, 0.1) is 12.6 Å². The molecule has 0 aliphatic carbocycles. The molecule has 1 aliphatic heterocycles. The monoisotopic (exact) mass is 250 g/mol. The summed E-state index contributed by atoms with van der Waals surface area (Å²) in [5, 5.41) is 0. The third kappa shape index (κ3) is 2.60. The lowest BCUT2D eigenvalue weighted by Gasteiger charge is -2.23. The van der Waals surface area contributed by atoms with Crippen LogP contribution in [-0.2, 0) is 4.74 Å². The normalized spacial score (nSPS) is 18.7. The molecule has 2 rings (SSSR count). The number of anilines is 1. The van der Waals surface area contributed by atoms with Gasteiger partial charge in [0.25, 0.3) is 5.91 Å². The summed E-state index contributed by atoms with van der Waals surface area (Å²) in [4.78, 5) is 18.2. The van der Waals surface area contributed by atoms with Crippen LogP contribution in [0.15, 0.2) is 12.1 Å². The molecule has 1 aromatic heterocycles. The highest BCUT2D eigenvalue weighted by Gasteiger charge is 2.25. The Labute approximate surface area is 106 Å². The number of amides is 1. The average molecular weight is 250 g/mol. The highest BCUT2D eigenvalue weighted by Crippen LogP contribution is 2.16. The number of aryl methyl sites for hydroxylation is 1. The van der Waals surface area contributed by atoms with Gasteiger partial charge in [-0.25, -0.2) is 10.8 Å². The summed E-state index contributed by atoms with van der Waals surface area (Å²) in [6.45, 7) is 3.15. The molecule has 3 N–H and O–H groups in total. The number of carbonyl (C=O) groups excluding carboxylic acids is 1.